The molecule has 0 saturated heterocycles. The fraction of sp³-hybridized carbons (Fsp3) is 0.333. The molecule has 6 rings (SSSR count). The summed E-state index contributed by atoms with van der Waals surface area (Å²) in [6.07, 6.45) is -0.983. The zero-order valence-corrected chi connectivity index (χ0v) is 21.2. The van der Waals surface area contributed by atoms with Gasteiger partial charge in [0.1, 0.15) is 4.90 Å². The molecule has 3 saturated carbocycles. The van der Waals surface area contributed by atoms with E-state index in [2.05, 4.69) is 14.8 Å². The van der Waals surface area contributed by atoms with Crippen molar-refractivity contribution in [2.75, 3.05) is 0 Å². The molecular weight excluding hydrogens is 575 g/mol. The number of alkyl halides is 2. The van der Waals surface area contributed by atoms with Crippen LogP contribution in [0.25, 0.3) is 5.69 Å². The SMILES string of the molecule is O=c1[nH]c(=O)n(-c2cc(Cl)c(Oc3cc(S(=O)(=O)NC45CCC(O)(C4)C5)c(O)cn3)c(Cl)c2)nc1C(F)F. The minimum atomic E-state index is -4.25. The molecule has 2 heterocycles. The van der Waals surface area contributed by atoms with Crippen LogP contribution in [-0.2, 0) is 10.0 Å². The minimum absolute atomic E-state index is 0.182. The number of rotatable bonds is 7. The van der Waals surface area contributed by atoms with Gasteiger partial charge in [-0.15, -0.1) is 0 Å². The summed E-state index contributed by atoms with van der Waals surface area (Å²) in [7, 11) is -4.25. The van der Waals surface area contributed by atoms with E-state index in [-0.39, 0.29) is 40.2 Å². The highest BCUT2D eigenvalue weighted by Gasteiger charge is 2.61. The molecule has 3 aliphatic rings. The van der Waals surface area contributed by atoms with Gasteiger partial charge in [0, 0.05) is 11.6 Å². The van der Waals surface area contributed by atoms with Crippen LogP contribution in [0, 0.1) is 0 Å². The summed E-state index contributed by atoms with van der Waals surface area (Å²) in [4.78, 5) is 28.7. The first kappa shape index (κ1) is 26.5. The zero-order chi connectivity index (χ0) is 27.6. The summed E-state index contributed by atoms with van der Waals surface area (Å²) in [6.45, 7) is 0. The molecule has 0 atom stereocenters. The van der Waals surface area contributed by atoms with Crippen molar-refractivity contribution in [1.82, 2.24) is 24.5 Å². The maximum Gasteiger partial charge on any atom is 0.349 e. The van der Waals surface area contributed by atoms with E-state index in [9.17, 15) is 37.0 Å². The van der Waals surface area contributed by atoms with Crippen molar-refractivity contribution in [3.05, 3.63) is 61.0 Å². The third-order valence-corrected chi connectivity index (χ3v) is 8.53. The van der Waals surface area contributed by atoms with Crippen LogP contribution in [0.15, 0.2) is 38.9 Å². The normalized spacial score (nSPS) is 22.5. The number of aliphatic hydroxyl groups is 1. The second-order valence-electron chi connectivity index (χ2n) is 9.15. The molecule has 0 radical (unpaired) electrons. The van der Waals surface area contributed by atoms with Crippen LogP contribution >= 0.6 is 23.2 Å². The number of fused-ring (bicyclic) bond motifs is 1. The van der Waals surface area contributed by atoms with Gasteiger partial charge in [-0.05, 0) is 37.8 Å². The Kier molecular flexibility index (Phi) is 6.26. The number of pyridine rings is 1. The van der Waals surface area contributed by atoms with E-state index in [4.69, 9.17) is 27.9 Å². The molecule has 4 N–H and O–H groups in total. The van der Waals surface area contributed by atoms with Crippen molar-refractivity contribution in [1.29, 1.82) is 0 Å². The van der Waals surface area contributed by atoms with Crippen LogP contribution < -0.4 is 20.7 Å². The third kappa shape index (κ3) is 4.64. The van der Waals surface area contributed by atoms with Crippen molar-refractivity contribution in [2.24, 2.45) is 0 Å². The molecule has 2 bridgehead atoms. The Morgan fingerprint density at radius 1 is 1.16 bits per heavy atom. The molecule has 38 heavy (non-hydrogen) atoms. The van der Waals surface area contributed by atoms with Crippen LogP contribution in [0.2, 0.25) is 10.0 Å². The van der Waals surface area contributed by atoms with E-state index in [0.717, 1.165) is 24.4 Å². The van der Waals surface area contributed by atoms with Crippen LogP contribution in [0.1, 0.15) is 37.8 Å². The van der Waals surface area contributed by atoms with E-state index < -0.39 is 55.2 Å². The molecule has 0 aliphatic heterocycles. The van der Waals surface area contributed by atoms with Gasteiger partial charge in [-0.25, -0.2) is 31.7 Å². The lowest BCUT2D eigenvalue weighted by Gasteiger charge is -2.44. The van der Waals surface area contributed by atoms with E-state index in [0.29, 0.717) is 17.5 Å². The monoisotopic (exact) mass is 591 g/mol. The molecule has 2 aromatic heterocycles. The number of ether oxygens (including phenoxy) is 1. The van der Waals surface area contributed by atoms with E-state index >= 15 is 0 Å². The summed E-state index contributed by atoms with van der Waals surface area (Å²) in [6, 6.07) is 3.11. The van der Waals surface area contributed by atoms with Crippen LogP contribution in [0.5, 0.6) is 17.4 Å². The molecule has 3 fully saturated rings. The van der Waals surface area contributed by atoms with Crippen LogP contribution in [-0.4, -0.2) is 49.5 Å². The number of H-pyrrole nitrogens is 1. The Hall–Kier alpha value is -3.11. The van der Waals surface area contributed by atoms with Gasteiger partial charge in [0.25, 0.3) is 12.0 Å². The predicted octanol–water partition coefficient (Wildman–Crippen LogP) is 2.39. The number of benzene rings is 1. The number of hydrogen-bond acceptors (Lipinski definition) is 9. The second-order valence-corrected chi connectivity index (χ2v) is 11.6. The average Bonchev–Trinajstić information content (AvgIpc) is 3.28. The third-order valence-electron chi connectivity index (χ3n) is 6.36. The topological polar surface area (TPSA) is 176 Å². The molecule has 202 valence electrons. The molecule has 1 aromatic carbocycles. The standard InChI is InChI=1S/C21H17Cl2F2N5O7S/c22-10-3-9(30-19(33)27-18(32)15(28-30)17(24)25)4-11(23)16(10)37-14-5-13(12(31)6-26-14)38(35,36)29-20-1-2-21(34,7-20)8-20/h3-6,17,29,31,34H,1-2,7-8H2,(H,27,32,33). The number of aromatic hydroxyl groups is 1. The van der Waals surface area contributed by atoms with Gasteiger partial charge in [0.2, 0.25) is 15.9 Å². The lowest BCUT2D eigenvalue weighted by molar-refractivity contribution is -0.0362. The first-order valence-electron chi connectivity index (χ1n) is 10.9. The van der Waals surface area contributed by atoms with Crippen molar-refractivity contribution in [3.8, 4) is 23.1 Å². The van der Waals surface area contributed by atoms with Crippen molar-refractivity contribution >= 4 is 33.2 Å². The fourth-order valence-electron chi connectivity index (χ4n) is 4.78. The first-order chi connectivity index (χ1) is 17.7. The number of halogens is 4. The number of sulfonamides is 1. The van der Waals surface area contributed by atoms with Crippen molar-refractivity contribution in [3.63, 3.8) is 0 Å². The van der Waals surface area contributed by atoms with Crippen molar-refractivity contribution < 1.29 is 32.1 Å². The number of aromatic amines is 1. The van der Waals surface area contributed by atoms with E-state index in [1.54, 1.807) is 4.98 Å². The van der Waals surface area contributed by atoms with E-state index in [1.807, 2.05) is 0 Å². The quantitative estimate of drug-likeness (QED) is 0.321. The van der Waals surface area contributed by atoms with Gasteiger partial charge in [-0.1, -0.05) is 23.2 Å². The highest BCUT2D eigenvalue weighted by molar-refractivity contribution is 7.89. The zero-order valence-electron chi connectivity index (χ0n) is 18.9. The summed E-state index contributed by atoms with van der Waals surface area (Å²) < 4.78 is 60.7. The van der Waals surface area contributed by atoms with Gasteiger partial charge in [-0.2, -0.15) is 9.78 Å². The van der Waals surface area contributed by atoms with Crippen LogP contribution in [0.4, 0.5) is 8.78 Å². The largest absolute Gasteiger partial charge is 0.505 e. The maximum absolute atomic E-state index is 13.1. The molecule has 17 heteroatoms. The Bertz CT molecular complexity index is 1670. The van der Waals surface area contributed by atoms with Gasteiger partial charge < -0.3 is 14.9 Å². The number of hydrogen-bond donors (Lipinski definition) is 4. The summed E-state index contributed by atoms with van der Waals surface area (Å²) >= 11 is 12.5. The number of nitrogens with zero attached hydrogens (tertiary/aromatic N) is 3. The lowest BCUT2D eigenvalue weighted by Crippen LogP contribution is -2.58. The Morgan fingerprint density at radius 2 is 1.82 bits per heavy atom. The smallest absolute Gasteiger partial charge is 0.349 e. The molecule has 3 aliphatic carbocycles. The molecule has 0 unspecified atom stereocenters. The van der Waals surface area contributed by atoms with E-state index in [1.165, 1.54) is 0 Å². The highest BCUT2D eigenvalue weighted by atomic mass is 35.5. The highest BCUT2D eigenvalue weighted by Crippen LogP contribution is 2.55. The van der Waals surface area contributed by atoms with Gasteiger partial charge in [0.15, 0.2) is 17.2 Å². The Balaban J connectivity index is 1.45. The molecule has 3 aromatic rings. The lowest BCUT2D eigenvalue weighted by atomic mass is 9.74. The summed E-state index contributed by atoms with van der Waals surface area (Å²) in [5.74, 6) is -1.22. The average molecular weight is 592 g/mol. The fourth-order valence-corrected chi connectivity index (χ4v) is 6.84. The minimum Gasteiger partial charge on any atom is -0.505 e. The molecular formula is C21H17Cl2F2N5O7S. The van der Waals surface area contributed by atoms with Gasteiger partial charge in [-0.3, -0.25) is 9.78 Å². The number of aromatic nitrogens is 4. The van der Waals surface area contributed by atoms with Crippen LogP contribution in [0.3, 0.4) is 0 Å². The molecule has 0 spiro atoms. The molecule has 0 amide bonds. The van der Waals surface area contributed by atoms with Gasteiger partial charge >= 0.3 is 5.69 Å². The number of nitrogens with one attached hydrogen (secondary N) is 2. The predicted molar refractivity (Wildman–Crippen MR) is 128 cm³/mol. The second kappa shape index (κ2) is 8.98. The summed E-state index contributed by atoms with van der Waals surface area (Å²) in [5.41, 5.74) is -5.54. The van der Waals surface area contributed by atoms with Crippen molar-refractivity contribution in [2.45, 2.75) is 48.1 Å². The Morgan fingerprint density at radius 3 is 2.39 bits per heavy atom. The summed E-state index contributed by atoms with van der Waals surface area (Å²) in [5, 5.41) is 23.2. The first-order valence-corrected chi connectivity index (χ1v) is 13.1. The van der Waals surface area contributed by atoms with Gasteiger partial charge in [0.05, 0.1) is 27.5 Å². The molecule has 12 nitrogen and oxygen atoms in total. The maximum atomic E-state index is 13.1. The Labute approximate surface area is 221 Å².